The van der Waals surface area contributed by atoms with Crippen molar-refractivity contribution in [1.29, 1.82) is 0 Å². The second kappa shape index (κ2) is 4.48. The highest BCUT2D eigenvalue weighted by atomic mass is 35.5. The zero-order valence-electron chi connectivity index (χ0n) is 7.19. The van der Waals surface area contributed by atoms with Crippen LogP contribution in [0.2, 0.25) is 5.02 Å². The Balaban J connectivity index is 3.09. The molecule has 0 saturated carbocycles. The average molecular weight is 220 g/mol. The first-order valence-electron chi connectivity index (χ1n) is 3.94. The summed E-state index contributed by atoms with van der Waals surface area (Å²) in [4.78, 5) is 11.2. The van der Waals surface area contributed by atoms with Gasteiger partial charge in [-0.3, -0.25) is 4.79 Å². The Bertz CT molecular complexity index is 368. The zero-order chi connectivity index (χ0) is 10.7. The van der Waals surface area contributed by atoms with Crippen molar-refractivity contribution in [3.8, 4) is 0 Å². The van der Waals surface area contributed by atoms with Gasteiger partial charge in [-0.1, -0.05) is 11.6 Å². The topological polar surface area (TPSA) is 43.1 Å². The minimum absolute atomic E-state index is 0.0159. The Labute approximate surface area is 84.7 Å². The third-order valence-corrected chi connectivity index (χ3v) is 1.97. The molecule has 0 heterocycles. The monoisotopic (exact) mass is 219 g/mol. The van der Waals surface area contributed by atoms with E-state index in [1.54, 1.807) is 0 Å². The van der Waals surface area contributed by atoms with Crippen molar-refractivity contribution in [2.24, 2.45) is 5.73 Å². The van der Waals surface area contributed by atoms with Crippen molar-refractivity contribution < 1.29 is 13.6 Å². The van der Waals surface area contributed by atoms with E-state index in [2.05, 4.69) is 0 Å². The van der Waals surface area contributed by atoms with Crippen LogP contribution < -0.4 is 5.73 Å². The third kappa shape index (κ3) is 2.27. The zero-order valence-corrected chi connectivity index (χ0v) is 7.94. The largest absolute Gasteiger partial charge is 0.330 e. The van der Waals surface area contributed by atoms with Gasteiger partial charge in [-0.15, -0.1) is 0 Å². The van der Waals surface area contributed by atoms with Gasteiger partial charge < -0.3 is 5.73 Å². The van der Waals surface area contributed by atoms with Gasteiger partial charge in [-0.05, 0) is 18.7 Å². The van der Waals surface area contributed by atoms with Crippen LogP contribution in [0.1, 0.15) is 16.8 Å². The van der Waals surface area contributed by atoms with Crippen molar-refractivity contribution >= 4 is 17.4 Å². The number of ketones is 1. The Hall–Kier alpha value is -1.00. The molecule has 0 radical (unpaired) electrons. The van der Waals surface area contributed by atoms with Gasteiger partial charge in [0, 0.05) is 6.42 Å². The van der Waals surface area contributed by atoms with Crippen molar-refractivity contribution in [3.63, 3.8) is 0 Å². The maximum atomic E-state index is 13.1. The SMILES string of the molecule is NCCC(=O)c1cc(F)c(Cl)cc1F. The first kappa shape index (κ1) is 11.1. The van der Waals surface area contributed by atoms with E-state index in [1.165, 1.54) is 0 Å². The fraction of sp³-hybridized carbons (Fsp3) is 0.222. The number of hydrogen-bond donors (Lipinski definition) is 1. The lowest BCUT2D eigenvalue weighted by atomic mass is 10.1. The smallest absolute Gasteiger partial charge is 0.167 e. The summed E-state index contributed by atoms with van der Waals surface area (Å²) >= 11 is 5.32. The molecule has 0 spiro atoms. The summed E-state index contributed by atoms with van der Waals surface area (Å²) in [7, 11) is 0. The van der Waals surface area contributed by atoms with Gasteiger partial charge >= 0.3 is 0 Å². The number of Topliss-reactive ketones (excluding diaryl/α,β-unsaturated/α-hetero) is 1. The minimum Gasteiger partial charge on any atom is -0.330 e. The van der Waals surface area contributed by atoms with Crippen LogP contribution in [0.25, 0.3) is 0 Å². The molecule has 0 saturated heterocycles. The lowest BCUT2D eigenvalue weighted by molar-refractivity contribution is 0.0981. The summed E-state index contributed by atoms with van der Waals surface area (Å²) < 4.78 is 26.0. The van der Waals surface area contributed by atoms with E-state index in [1.807, 2.05) is 0 Å². The van der Waals surface area contributed by atoms with Crippen LogP contribution in [0.5, 0.6) is 0 Å². The van der Waals surface area contributed by atoms with Gasteiger partial charge in [0.2, 0.25) is 0 Å². The highest BCUT2D eigenvalue weighted by Gasteiger charge is 2.14. The number of hydrogen-bond acceptors (Lipinski definition) is 2. The fourth-order valence-corrected chi connectivity index (χ4v) is 1.15. The van der Waals surface area contributed by atoms with Crippen LogP contribution in [-0.2, 0) is 0 Å². The summed E-state index contributed by atoms with van der Waals surface area (Å²) in [5, 5.41) is -0.341. The third-order valence-electron chi connectivity index (χ3n) is 1.68. The highest BCUT2D eigenvalue weighted by Crippen LogP contribution is 2.20. The molecule has 1 rings (SSSR count). The van der Waals surface area contributed by atoms with Crippen molar-refractivity contribution in [2.75, 3.05) is 6.54 Å². The van der Waals surface area contributed by atoms with Gasteiger partial charge in [0.1, 0.15) is 11.6 Å². The molecule has 0 bridgehead atoms. The standard InChI is InChI=1S/C9H8ClF2NO/c10-6-4-7(11)5(3-8(6)12)9(14)1-2-13/h3-4H,1-2,13H2. The summed E-state index contributed by atoms with van der Waals surface area (Å²) in [6, 6.07) is 1.57. The normalized spacial score (nSPS) is 10.3. The van der Waals surface area contributed by atoms with Crippen LogP contribution >= 0.6 is 11.6 Å². The molecule has 0 fully saturated rings. The molecule has 0 aliphatic carbocycles. The van der Waals surface area contributed by atoms with E-state index in [0.29, 0.717) is 0 Å². The molecule has 0 unspecified atom stereocenters. The van der Waals surface area contributed by atoms with Gasteiger partial charge in [-0.25, -0.2) is 8.78 Å². The average Bonchev–Trinajstić information content (AvgIpc) is 2.11. The van der Waals surface area contributed by atoms with Crippen LogP contribution in [0.4, 0.5) is 8.78 Å². The lowest BCUT2D eigenvalue weighted by Crippen LogP contribution is -2.10. The molecule has 2 nitrogen and oxygen atoms in total. The Kier molecular flexibility index (Phi) is 3.55. The molecule has 5 heteroatoms. The molecule has 2 N–H and O–H groups in total. The molecular formula is C9H8ClF2NO. The van der Waals surface area contributed by atoms with E-state index < -0.39 is 17.4 Å². The van der Waals surface area contributed by atoms with Gasteiger partial charge in [0.25, 0.3) is 0 Å². The molecule has 0 amide bonds. The predicted octanol–water partition coefficient (Wildman–Crippen LogP) is 2.15. The Morgan fingerprint density at radius 1 is 1.36 bits per heavy atom. The molecule has 0 aliphatic heterocycles. The second-order valence-corrected chi connectivity index (χ2v) is 3.12. The number of rotatable bonds is 3. The maximum absolute atomic E-state index is 13.1. The number of nitrogens with two attached hydrogens (primary N) is 1. The summed E-state index contributed by atoms with van der Waals surface area (Å²) in [6.45, 7) is 0.0997. The van der Waals surface area contributed by atoms with Gasteiger partial charge in [-0.2, -0.15) is 0 Å². The van der Waals surface area contributed by atoms with Gasteiger partial charge in [0.15, 0.2) is 5.78 Å². The maximum Gasteiger partial charge on any atom is 0.167 e. The second-order valence-electron chi connectivity index (χ2n) is 2.71. The van der Waals surface area contributed by atoms with E-state index >= 15 is 0 Å². The molecule has 0 atom stereocenters. The quantitative estimate of drug-likeness (QED) is 0.625. The highest BCUT2D eigenvalue weighted by molar-refractivity contribution is 6.30. The minimum atomic E-state index is -0.824. The van der Waals surface area contributed by atoms with E-state index in [0.717, 1.165) is 12.1 Å². The molecule has 0 aromatic heterocycles. The summed E-state index contributed by atoms with van der Waals surface area (Å²) in [6.07, 6.45) is -0.0159. The Morgan fingerprint density at radius 2 is 2.00 bits per heavy atom. The lowest BCUT2D eigenvalue weighted by Gasteiger charge is -2.02. The number of benzene rings is 1. The number of carbonyl (C=O) groups is 1. The van der Waals surface area contributed by atoms with E-state index in [4.69, 9.17) is 17.3 Å². The predicted molar refractivity (Wildman–Crippen MR) is 49.4 cm³/mol. The first-order valence-corrected chi connectivity index (χ1v) is 4.32. The summed E-state index contributed by atoms with van der Waals surface area (Å²) in [5.74, 6) is -2.16. The van der Waals surface area contributed by atoms with Gasteiger partial charge in [0.05, 0.1) is 10.6 Å². The van der Waals surface area contributed by atoms with Crippen LogP contribution in [0.3, 0.4) is 0 Å². The fourth-order valence-electron chi connectivity index (χ4n) is 1.00. The van der Waals surface area contributed by atoms with Crippen LogP contribution in [0.15, 0.2) is 12.1 Å². The summed E-state index contributed by atoms with van der Waals surface area (Å²) in [5.41, 5.74) is 4.81. The molecular weight excluding hydrogens is 212 g/mol. The van der Waals surface area contributed by atoms with E-state index in [9.17, 15) is 13.6 Å². The van der Waals surface area contributed by atoms with Crippen LogP contribution in [0, 0.1) is 11.6 Å². The molecule has 1 aromatic carbocycles. The van der Waals surface area contributed by atoms with Crippen molar-refractivity contribution in [3.05, 3.63) is 34.4 Å². The first-order chi connectivity index (χ1) is 6.56. The van der Waals surface area contributed by atoms with Crippen LogP contribution in [-0.4, -0.2) is 12.3 Å². The molecule has 14 heavy (non-hydrogen) atoms. The molecule has 1 aromatic rings. The van der Waals surface area contributed by atoms with Crippen molar-refractivity contribution in [2.45, 2.75) is 6.42 Å². The number of halogens is 3. The number of carbonyl (C=O) groups excluding carboxylic acids is 1. The Morgan fingerprint density at radius 3 is 2.57 bits per heavy atom. The molecule has 76 valence electrons. The molecule has 0 aliphatic rings. The van der Waals surface area contributed by atoms with E-state index in [-0.39, 0.29) is 23.6 Å². The van der Waals surface area contributed by atoms with Crippen molar-refractivity contribution in [1.82, 2.24) is 0 Å².